The van der Waals surface area contributed by atoms with Gasteiger partial charge in [0.25, 0.3) is 0 Å². The van der Waals surface area contributed by atoms with Crippen molar-refractivity contribution in [3.8, 4) is 5.75 Å². The average Bonchev–Trinajstić information content (AvgIpc) is 2.40. The van der Waals surface area contributed by atoms with Crippen LogP contribution in [0.25, 0.3) is 0 Å². The van der Waals surface area contributed by atoms with Crippen LogP contribution < -0.4 is 10.5 Å². The summed E-state index contributed by atoms with van der Waals surface area (Å²) in [6, 6.07) is 5.77. The van der Waals surface area contributed by atoms with Crippen LogP contribution in [0.3, 0.4) is 0 Å². The molecule has 4 nitrogen and oxygen atoms in total. The summed E-state index contributed by atoms with van der Waals surface area (Å²) in [7, 11) is 1.62. The van der Waals surface area contributed by atoms with Crippen molar-refractivity contribution in [3.63, 3.8) is 0 Å². The molecule has 1 aromatic rings. The van der Waals surface area contributed by atoms with Crippen LogP contribution in [0.4, 0.5) is 5.69 Å². The summed E-state index contributed by atoms with van der Waals surface area (Å²) in [5.41, 5.74) is 7.59. The zero-order valence-corrected chi connectivity index (χ0v) is 10.9. The summed E-state index contributed by atoms with van der Waals surface area (Å²) >= 11 is 0. The smallest absolute Gasteiger partial charge is 0.141 e. The number of benzene rings is 1. The number of rotatable bonds is 5. The quantitative estimate of drug-likeness (QED) is 0.815. The highest BCUT2D eigenvalue weighted by molar-refractivity contribution is 5.54. The second-order valence-corrected chi connectivity index (χ2v) is 4.65. The molecule has 0 aliphatic carbocycles. The number of nitrogen functional groups attached to an aromatic ring is 1. The van der Waals surface area contributed by atoms with Gasteiger partial charge in [0.1, 0.15) is 5.75 Å². The van der Waals surface area contributed by atoms with Crippen LogP contribution in [0.15, 0.2) is 18.2 Å². The summed E-state index contributed by atoms with van der Waals surface area (Å²) in [5.74, 6) is 1.34. The van der Waals surface area contributed by atoms with Crippen molar-refractivity contribution in [1.82, 2.24) is 0 Å². The van der Waals surface area contributed by atoms with Crippen LogP contribution >= 0.6 is 0 Å². The first-order chi connectivity index (χ1) is 8.79. The molecule has 0 bridgehead atoms. The minimum absolute atomic E-state index is 0.603. The Hall–Kier alpha value is -1.26. The Morgan fingerprint density at radius 2 is 2.11 bits per heavy atom. The van der Waals surface area contributed by atoms with E-state index in [1.807, 2.05) is 18.2 Å². The Balaban J connectivity index is 1.77. The average molecular weight is 251 g/mol. The summed E-state index contributed by atoms with van der Waals surface area (Å²) in [6.07, 6.45) is 2.20. The fraction of sp³-hybridized carbons (Fsp3) is 0.571. The number of nitrogens with two attached hydrogens (primary N) is 1. The second kappa shape index (κ2) is 6.61. The molecular weight excluding hydrogens is 230 g/mol. The minimum Gasteiger partial charge on any atom is -0.495 e. The molecule has 0 spiro atoms. The predicted octanol–water partition coefficient (Wildman–Crippen LogP) is 2.22. The lowest BCUT2D eigenvalue weighted by Crippen LogP contribution is -2.20. The second-order valence-electron chi connectivity index (χ2n) is 4.65. The van der Waals surface area contributed by atoms with Crippen LogP contribution in [0.5, 0.6) is 5.75 Å². The zero-order chi connectivity index (χ0) is 12.8. The number of ether oxygens (including phenoxy) is 3. The maximum Gasteiger partial charge on any atom is 0.141 e. The van der Waals surface area contributed by atoms with Gasteiger partial charge in [-0.2, -0.15) is 0 Å². The zero-order valence-electron chi connectivity index (χ0n) is 10.9. The van der Waals surface area contributed by atoms with E-state index < -0.39 is 0 Å². The summed E-state index contributed by atoms with van der Waals surface area (Å²) in [4.78, 5) is 0. The molecule has 4 heteroatoms. The molecule has 1 saturated heterocycles. The molecule has 1 heterocycles. The van der Waals surface area contributed by atoms with E-state index in [9.17, 15) is 0 Å². The van der Waals surface area contributed by atoms with Gasteiger partial charge in [-0.1, -0.05) is 6.07 Å². The first-order valence-electron chi connectivity index (χ1n) is 6.37. The van der Waals surface area contributed by atoms with Gasteiger partial charge >= 0.3 is 0 Å². The van der Waals surface area contributed by atoms with Crippen LogP contribution in [-0.2, 0) is 16.1 Å². The standard InChI is InChI=1S/C14H21NO3/c1-16-14-3-2-12(8-13(14)15)10-18-9-11-4-6-17-7-5-11/h2-3,8,11H,4-7,9-10,15H2,1H3. The van der Waals surface area contributed by atoms with E-state index in [4.69, 9.17) is 19.9 Å². The Morgan fingerprint density at radius 1 is 1.33 bits per heavy atom. The largest absolute Gasteiger partial charge is 0.495 e. The molecule has 0 saturated carbocycles. The van der Waals surface area contributed by atoms with Gasteiger partial charge in [-0.15, -0.1) is 0 Å². The van der Waals surface area contributed by atoms with Crippen molar-refractivity contribution in [1.29, 1.82) is 0 Å². The highest BCUT2D eigenvalue weighted by atomic mass is 16.5. The van der Waals surface area contributed by atoms with Gasteiger partial charge in [0, 0.05) is 13.2 Å². The molecular formula is C14H21NO3. The van der Waals surface area contributed by atoms with Gasteiger partial charge in [-0.3, -0.25) is 0 Å². The summed E-state index contributed by atoms with van der Waals surface area (Å²) in [5, 5.41) is 0. The van der Waals surface area contributed by atoms with Gasteiger partial charge in [-0.05, 0) is 36.5 Å². The molecule has 100 valence electrons. The number of anilines is 1. The lowest BCUT2D eigenvalue weighted by molar-refractivity contribution is 0.0157. The molecule has 1 aromatic carbocycles. The van der Waals surface area contributed by atoms with Crippen LogP contribution in [-0.4, -0.2) is 26.9 Å². The van der Waals surface area contributed by atoms with E-state index >= 15 is 0 Å². The molecule has 2 N–H and O–H groups in total. The van der Waals surface area contributed by atoms with E-state index in [0.717, 1.165) is 38.2 Å². The summed E-state index contributed by atoms with van der Waals surface area (Å²) < 4.78 is 16.2. The van der Waals surface area contributed by atoms with E-state index in [1.165, 1.54) is 0 Å². The monoisotopic (exact) mass is 251 g/mol. The lowest BCUT2D eigenvalue weighted by atomic mass is 10.0. The Labute approximate surface area is 108 Å². The topological polar surface area (TPSA) is 53.7 Å². The normalized spacial score (nSPS) is 16.7. The first kappa shape index (κ1) is 13.2. The van der Waals surface area contributed by atoms with Crippen LogP contribution in [0.1, 0.15) is 18.4 Å². The highest BCUT2D eigenvalue weighted by Crippen LogP contribution is 2.22. The Bertz CT molecular complexity index is 375. The maximum atomic E-state index is 5.85. The summed E-state index contributed by atoms with van der Waals surface area (Å²) in [6.45, 7) is 3.13. The Kier molecular flexibility index (Phi) is 4.84. The molecule has 0 amide bonds. The molecule has 0 atom stereocenters. The molecule has 0 aromatic heterocycles. The number of methoxy groups -OCH3 is 1. The highest BCUT2D eigenvalue weighted by Gasteiger charge is 2.13. The first-order valence-corrected chi connectivity index (χ1v) is 6.37. The predicted molar refractivity (Wildman–Crippen MR) is 70.6 cm³/mol. The van der Waals surface area contributed by atoms with Crippen molar-refractivity contribution in [2.75, 3.05) is 32.7 Å². The van der Waals surface area contributed by atoms with Gasteiger partial charge in [0.15, 0.2) is 0 Å². The maximum absolute atomic E-state index is 5.85. The molecule has 0 radical (unpaired) electrons. The number of hydrogen-bond acceptors (Lipinski definition) is 4. The fourth-order valence-electron chi connectivity index (χ4n) is 2.13. The van der Waals surface area contributed by atoms with Crippen molar-refractivity contribution in [2.24, 2.45) is 5.92 Å². The third-order valence-electron chi connectivity index (χ3n) is 3.26. The van der Waals surface area contributed by atoms with E-state index in [1.54, 1.807) is 7.11 Å². The van der Waals surface area contributed by atoms with Gasteiger partial charge in [0.2, 0.25) is 0 Å². The van der Waals surface area contributed by atoms with E-state index in [0.29, 0.717) is 24.0 Å². The number of hydrogen-bond donors (Lipinski definition) is 1. The minimum atomic E-state index is 0.603. The van der Waals surface area contributed by atoms with Gasteiger partial charge < -0.3 is 19.9 Å². The van der Waals surface area contributed by atoms with Crippen molar-refractivity contribution in [3.05, 3.63) is 23.8 Å². The third kappa shape index (κ3) is 3.62. The van der Waals surface area contributed by atoms with E-state index in [-0.39, 0.29) is 0 Å². The lowest BCUT2D eigenvalue weighted by Gasteiger charge is -2.21. The van der Waals surface area contributed by atoms with Gasteiger partial charge in [-0.25, -0.2) is 0 Å². The molecule has 1 aliphatic rings. The van der Waals surface area contributed by atoms with Crippen LogP contribution in [0.2, 0.25) is 0 Å². The fourth-order valence-corrected chi connectivity index (χ4v) is 2.13. The SMILES string of the molecule is COc1ccc(COCC2CCOCC2)cc1N. The van der Waals surface area contributed by atoms with Crippen molar-refractivity contribution in [2.45, 2.75) is 19.4 Å². The van der Waals surface area contributed by atoms with Gasteiger partial charge in [0.05, 0.1) is 26.0 Å². The van der Waals surface area contributed by atoms with Crippen LogP contribution in [0, 0.1) is 5.92 Å². The van der Waals surface area contributed by atoms with Crippen molar-refractivity contribution < 1.29 is 14.2 Å². The van der Waals surface area contributed by atoms with E-state index in [2.05, 4.69) is 0 Å². The molecule has 2 rings (SSSR count). The Morgan fingerprint density at radius 3 is 2.78 bits per heavy atom. The third-order valence-corrected chi connectivity index (χ3v) is 3.26. The van der Waals surface area contributed by atoms with Crippen molar-refractivity contribution >= 4 is 5.69 Å². The molecule has 1 fully saturated rings. The molecule has 18 heavy (non-hydrogen) atoms. The molecule has 0 unspecified atom stereocenters. The molecule has 1 aliphatic heterocycles.